The normalized spacial score (nSPS) is 12.3. The van der Waals surface area contributed by atoms with Gasteiger partial charge in [-0.05, 0) is 36.6 Å². The van der Waals surface area contributed by atoms with Gasteiger partial charge in [0, 0.05) is 11.4 Å². The average Bonchev–Trinajstić information content (AvgIpc) is 3.15. The number of benzene rings is 2. The Morgan fingerprint density at radius 2 is 1.94 bits per heavy atom. The molecule has 0 unspecified atom stereocenters. The molecule has 7 nitrogen and oxygen atoms in total. The summed E-state index contributed by atoms with van der Waals surface area (Å²) in [5.41, 5.74) is 2.64. The second-order valence-corrected chi connectivity index (χ2v) is 7.57. The summed E-state index contributed by atoms with van der Waals surface area (Å²) in [5.74, 6) is 0.542. The van der Waals surface area contributed by atoms with Crippen molar-refractivity contribution in [2.45, 2.75) is 13.0 Å². The van der Waals surface area contributed by atoms with E-state index in [0.717, 1.165) is 16.8 Å². The second kappa shape index (κ2) is 7.56. The molecular formula is C22H16BClN6O. The van der Waals surface area contributed by atoms with Crippen LogP contribution >= 0.6 is 11.6 Å². The Bertz CT molecular complexity index is 1480. The molecule has 0 aliphatic heterocycles. The molecule has 5 rings (SSSR count). The molecule has 2 aromatic carbocycles. The number of H-pyrrole nitrogens is 1. The maximum Gasteiger partial charge on any atom is 0.264 e. The number of fused-ring (bicyclic) bond motifs is 2. The number of anilines is 1. The highest BCUT2D eigenvalue weighted by molar-refractivity contribution is 6.35. The van der Waals surface area contributed by atoms with Crippen molar-refractivity contribution < 1.29 is 0 Å². The van der Waals surface area contributed by atoms with Crippen LogP contribution in [0, 0.1) is 0 Å². The third kappa shape index (κ3) is 3.35. The number of nitrogens with one attached hydrogen (secondary N) is 2. The maximum absolute atomic E-state index is 13.5. The molecule has 150 valence electrons. The topological polar surface area (TPSA) is 88.5 Å². The molecule has 1 atom stereocenters. The van der Waals surface area contributed by atoms with E-state index in [2.05, 4.69) is 25.3 Å². The van der Waals surface area contributed by atoms with Crippen LogP contribution in [0.25, 0.3) is 27.6 Å². The highest BCUT2D eigenvalue weighted by Crippen LogP contribution is 2.27. The van der Waals surface area contributed by atoms with Gasteiger partial charge in [0.15, 0.2) is 19.3 Å². The summed E-state index contributed by atoms with van der Waals surface area (Å²) in [6.07, 6.45) is 1.42. The predicted molar refractivity (Wildman–Crippen MR) is 124 cm³/mol. The van der Waals surface area contributed by atoms with Crippen molar-refractivity contribution in [1.29, 1.82) is 0 Å². The number of imidazole rings is 1. The first kappa shape index (κ1) is 19.3. The van der Waals surface area contributed by atoms with E-state index >= 15 is 0 Å². The van der Waals surface area contributed by atoms with Crippen LogP contribution in [-0.2, 0) is 0 Å². The third-order valence-electron chi connectivity index (χ3n) is 5.14. The largest absolute Gasteiger partial charge is 0.360 e. The standard InChI is InChI=1S/C22H16BClN6O/c1-12(27-19-18-20(26-11-25-19)29-22(23)28-18)16-10-13-6-5-9-15(24)17(13)21(31)30(16)14-7-3-2-4-8-14/h2-12H,1H3,(H2,25,26,27,28,29)/t12-/m0/s1. The Labute approximate surface area is 183 Å². The molecule has 0 fully saturated rings. The summed E-state index contributed by atoms with van der Waals surface area (Å²) in [7, 11) is 5.78. The molecule has 0 aliphatic carbocycles. The molecule has 0 aliphatic rings. The Kier molecular flexibility index (Phi) is 4.71. The minimum atomic E-state index is -0.293. The minimum Gasteiger partial charge on any atom is -0.360 e. The van der Waals surface area contributed by atoms with E-state index in [4.69, 9.17) is 19.4 Å². The van der Waals surface area contributed by atoms with Crippen LogP contribution in [0.15, 0.2) is 65.7 Å². The zero-order valence-electron chi connectivity index (χ0n) is 16.5. The van der Waals surface area contributed by atoms with Crippen LogP contribution in [0.4, 0.5) is 5.82 Å². The maximum atomic E-state index is 13.5. The van der Waals surface area contributed by atoms with Crippen LogP contribution in [0.1, 0.15) is 18.7 Å². The van der Waals surface area contributed by atoms with E-state index in [-0.39, 0.29) is 17.3 Å². The van der Waals surface area contributed by atoms with Crippen LogP contribution in [0.2, 0.25) is 5.02 Å². The first-order valence-corrected chi connectivity index (χ1v) is 10.0. The quantitative estimate of drug-likeness (QED) is 0.431. The summed E-state index contributed by atoms with van der Waals surface area (Å²) in [5, 5.41) is 5.03. The van der Waals surface area contributed by atoms with Crippen LogP contribution in [-0.4, -0.2) is 32.3 Å². The SMILES string of the molecule is [B]c1nc2ncnc(N[C@@H](C)c3cc4cccc(Cl)c4c(=O)n3-c3ccccc3)c2[nH]1. The fraction of sp³-hybridized carbons (Fsp3) is 0.0909. The Morgan fingerprint density at radius 1 is 1.13 bits per heavy atom. The molecule has 0 bridgehead atoms. The Morgan fingerprint density at radius 3 is 2.74 bits per heavy atom. The van der Waals surface area contributed by atoms with Crippen molar-refractivity contribution in [1.82, 2.24) is 24.5 Å². The number of nitrogens with zero attached hydrogens (tertiary/aromatic N) is 4. The molecule has 3 heterocycles. The van der Waals surface area contributed by atoms with Gasteiger partial charge in [-0.15, -0.1) is 0 Å². The number of aromatic amines is 1. The summed E-state index contributed by atoms with van der Waals surface area (Å²) in [4.78, 5) is 29.1. The van der Waals surface area contributed by atoms with Gasteiger partial charge in [-0.25, -0.2) is 15.0 Å². The highest BCUT2D eigenvalue weighted by Gasteiger charge is 2.19. The highest BCUT2D eigenvalue weighted by atomic mass is 35.5. The van der Waals surface area contributed by atoms with Gasteiger partial charge < -0.3 is 10.3 Å². The average molecular weight is 427 g/mol. The molecule has 2 N–H and O–H groups in total. The second-order valence-electron chi connectivity index (χ2n) is 7.16. The number of rotatable bonds is 4. The van der Waals surface area contributed by atoms with Gasteiger partial charge in [-0.3, -0.25) is 9.36 Å². The molecule has 0 saturated heterocycles. The molecule has 9 heteroatoms. The summed E-state index contributed by atoms with van der Waals surface area (Å²) >= 11 is 6.38. The van der Waals surface area contributed by atoms with Gasteiger partial charge in [0.2, 0.25) is 0 Å². The van der Waals surface area contributed by atoms with E-state index in [9.17, 15) is 4.79 Å². The first-order valence-electron chi connectivity index (χ1n) is 9.65. The van der Waals surface area contributed by atoms with Crippen molar-refractivity contribution in [3.8, 4) is 5.69 Å². The smallest absolute Gasteiger partial charge is 0.264 e. The lowest BCUT2D eigenvalue weighted by atomic mass is 10.1. The number of para-hydroxylation sites is 1. The number of hydrogen-bond donors (Lipinski definition) is 2. The monoisotopic (exact) mass is 426 g/mol. The molecule has 31 heavy (non-hydrogen) atoms. The van der Waals surface area contributed by atoms with E-state index in [1.165, 1.54) is 6.33 Å². The lowest BCUT2D eigenvalue weighted by molar-refractivity contribution is 0.774. The molecule has 3 aromatic heterocycles. The predicted octanol–water partition coefficient (Wildman–Crippen LogP) is 3.28. The lowest BCUT2D eigenvalue weighted by Crippen LogP contribution is -2.25. The van der Waals surface area contributed by atoms with Crippen molar-refractivity contribution in [3.05, 3.63) is 82.0 Å². The molecule has 0 spiro atoms. The van der Waals surface area contributed by atoms with Gasteiger partial charge in [0.1, 0.15) is 11.8 Å². The third-order valence-corrected chi connectivity index (χ3v) is 5.46. The Hall–Kier alpha value is -3.65. The minimum absolute atomic E-state index is 0.184. The van der Waals surface area contributed by atoms with E-state index in [1.54, 1.807) is 10.6 Å². The van der Waals surface area contributed by atoms with Gasteiger partial charge in [0.25, 0.3) is 5.56 Å². The van der Waals surface area contributed by atoms with Crippen molar-refractivity contribution in [2.24, 2.45) is 0 Å². The number of pyridine rings is 1. The van der Waals surface area contributed by atoms with Crippen molar-refractivity contribution in [3.63, 3.8) is 0 Å². The van der Waals surface area contributed by atoms with Gasteiger partial charge in [-0.2, -0.15) is 0 Å². The van der Waals surface area contributed by atoms with Gasteiger partial charge in [0.05, 0.1) is 22.2 Å². The molecule has 0 amide bonds. The zero-order valence-corrected chi connectivity index (χ0v) is 17.3. The lowest BCUT2D eigenvalue weighted by Gasteiger charge is -2.21. The first-order chi connectivity index (χ1) is 15.0. The molecular weight excluding hydrogens is 411 g/mol. The van der Waals surface area contributed by atoms with Crippen molar-refractivity contribution in [2.75, 3.05) is 5.32 Å². The molecule has 2 radical (unpaired) electrons. The Balaban J connectivity index is 1.70. The summed E-state index contributed by atoms with van der Waals surface area (Å²) < 4.78 is 1.67. The van der Waals surface area contributed by atoms with Crippen LogP contribution < -0.4 is 16.6 Å². The van der Waals surface area contributed by atoms with E-state index in [0.29, 0.717) is 27.4 Å². The fourth-order valence-electron chi connectivity index (χ4n) is 3.74. The summed E-state index contributed by atoms with van der Waals surface area (Å²) in [6.45, 7) is 1.96. The molecule has 0 saturated carbocycles. The molecule has 5 aromatic rings. The van der Waals surface area contributed by atoms with Crippen LogP contribution in [0.5, 0.6) is 0 Å². The number of hydrogen-bond acceptors (Lipinski definition) is 5. The van der Waals surface area contributed by atoms with Gasteiger partial charge in [-0.1, -0.05) is 41.9 Å². The van der Waals surface area contributed by atoms with Crippen molar-refractivity contribution >= 4 is 52.9 Å². The fourth-order valence-corrected chi connectivity index (χ4v) is 4.00. The van der Waals surface area contributed by atoms with Gasteiger partial charge >= 0.3 is 0 Å². The number of aromatic nitrogens is 5. The number of halogens is 1. The van der Waals surface area contributed by atoms with E-state index < -0.39 is 0 Å². The van der Waals surface area contributed by atoms with E-state index in [1.807, 2.05) is 55.5 Å². The summed E-state index contributed by atoms with van der Waals surface area (Å²) in [6, 6.07) is 16.6. The zero-order chi connectivity index (χ0) is 21.5. The van der Waals surface area contributed by atoms with Crippen LogP contribution in [0.3, 0.4) is 0 Å².